The Bertz CT molecular complexity index is 1820. The Kier molecular flexibility index (Phi) is 9.62. The van der Waals surface area contributed by atoms with Gasteiger partial charge in [0, 0.05) is 29.8 Å². The van der Waals surface area contributed by atoms with Crippen molar-refractivity contribution in [1.29, 1.82) is 0 Å². The standard InChI is InChI=1S/C35H42N8O4/c1-20-27(11-13-30(39-20)32(44)40-25-14-15-38-19-25)23-6-2-21(3-7-23)16-28(37)34(46)43(33(45)24-8-4-22(18-36)5-9-24)26-10-12-29-31(17-26)42-35(47)41-29/h2-3,6-7,10-13,17,22,24-25,28,38H,4-5,8-9,14-16,18-19,36-37H2,1H3,(H,40,44)(H2,41,42,47)/t22?,24?,25-,28-/m0/s1. The van der Waals surface area contributed by atoms with E-state index in [1.54, 1.807) is 24.3 Å². The minimum Gasteiger partial charge on any atom is -0.347 e. The highest BCUT2D eigenvalue weighted by molar-refractivity contribution is 6.17. The van der Waals surface area contributed by atoms with Gasteiger partial charge in [0.15, 0.2) is 0 Å². The van der Waals surface area contributed by atoms with Crippen LogP contribution >= 0.6 is 0 Å². The number of rotatable bonds is 9. The summed E-state index contributed by atoms with van der Waals surface area (Å²) in [6.45, 7) is 4.12. The Balaban J connectivity index is 1.17. The first kappa shape index (κ1) is 32.3. The van der Waals surface area contributed by atoms with Gasteiger partial charge in [0.25, 0.3) is 11.8 Å². The van der Waals surface area contributed by atoms with Gasteiger partial charge in [-0.1, -0.05) is 30.3 Å². The summed E-state index contributed by atoms with van der Waals surface area (Å²) in [4.78, 5) is 63.6. The number of amides is 3. The minimum absolute atomic E-state index is 0.116. The number of fused-ring (bicyclic) bond motifs is 1. The molecule has 1 aliphatic carbocycles. The molecule has 0 spiro atoms. The first-order valence-electron chi connectivity index (χ1n) is 16.3. The third kappa shape index (κ3) is 7.19. The Morgan fingerprint density at radius 2 is 1.72 bits per heavy atom. The molecule has 1 saturated heterocycles. The van der Waals surface area contributed by atoms with Crippen LogP contribution in [0.4, 0.5) is 5.69 Å². The monoisotopic (exact) mass is 638 g/mol. The van der Waals surface area contributed by atoms with Gasteiger partial charge in [-0.05, 0) is 99.8 Å². The number of carbonyl (C=O) groups excluding carboxylic acids is 3. The fourth-order valence-electron chi connectivity index (χ4n) is 6.71. The van der Waals surface area contributed by atoms with E-state index in [4.69, 9.17) is 11.5 Å². The first-order chi connectivity index (χ1) is 22.7. The van der Waals surface area contributed by atoms with Crippen molar-refractivity contribution in [3.8, 4) is 11.1 Å². The predicted molar refractivity (Wildman–Crippen MR) is 181 cm³/mol. The topological polar surface area (TPSA) is 192 Å². The van der Waals surface area contributed by atoms with Crippen LogP contribution in [0.25, 0.3) is 22.2 Å². The van der Waals surface area contributed by atoms with Crippen LogP contribution in [0.3, 0.4) is 0 Å². The summed E-state index contributed by atoms with van der Waals surface area (Å²) in [5, 5.41) is 6.27. The van der Waals surface area contributed by atoms with Crippen molar-refractivity contribution in [2.45, 2.75) is 57.5 Å². The number of pyridine rings is 1. The van der Waals surface area contributed by atoms with Crippen molar-refractivity contribution in [3.63, 3.8) is 0 Å². The maximum Gasteiger partial charge on any atom is 0.323 e. The summed E-state index contributed by atoms with van der Waals surface area (Å²) in [5.41, 5.74) is 17.2. The number of nitrogens with two attached hydrogens (primary N) is 2. The van der Waals surface area contributed by atoms with Crippen molar-refractivity contribution >= 4 is 34.4 Å². The average molecular weight is 639 g/mol. The number of hydrogen-bond acceptors (Lipinski definition) is 8. The summed E-state index contributed by atoms with van der Waals surface area (Å²) in [6.07, 6.45) is 4.10. The van der Waals surface area contributed by atoms with Gasteiger partial charge in [-0.25, -0.2) is 14.7 Å². The molecule has 3 amide bonds. The van der Waals surface area contributed by atoms with Crippen LogP contribution < -0.4 is 32.7 Å². The Hall–Kier alpha value is -4.65. The molecule has 8 N–H and O–H groups in total. The fourth-order valence-corrected chi connectivity index (χ4v) is 6.71. The number of aromatic amines is 2. The lowest BCUT2D eigenvalue weighted by Crippen LogP contribution is -2.50. The quantitative estimate of drug-likeness (QED) is 0.161. The molecule has 1 aliphatic heterocycles. The molecule has 3 heterocycles. The summed E-state index contributed by atoms with van der Waals surface area (Å²) >= 11 is 0. The summed E-state index contributed by atoms with van der Waals surface area (Å²) < 4.78 is 0. The number of imide groups is 1. The molecule has 1 saturated carbocycles. The van der Waals surface area contributed by atoms with Crippen LogP contribution in [-0.2, 0) is 16.0 Å². The van der Waals surface area contributed by atoms with E-state index >= 15 is 0 Å². The third-order valence-electron chi connectivity index (χ3n) is 9.48. The molecule has 2 aliphatic rings. The van der Waals surface area contributed by atoms with Gasteiger partial charge < -0.3 is 32.1 Å². The number of carbonyl (C=O) groups is 3. The zero-order valence-electron chi connectivity index (χ0n) is 26.6. The lowest BCUT2D eigenvalue weighted by Gasteiger charge is -2.32. The SMILES string of the molecule is Cc1nc(C(=O)N[C@H]2CCNC2)ccc1-c1ccc(C[C@H](N)C(=O)N(C(=O)C2CCC(CN)CC2)c2ccc3[nH]c(=O)[nH]c3c2)cc1. The molecule has 2 aromatic heterocycles. The minimum atomic E-state index is -0.984. The molecule has 4 aromatic rings. The van der Waals surface area contributed by atoms with E-state index in [0.717, 1.165) is 54.7 Å². The number of nitrogens with one attached hydrogen (secondary N) is 4. The van der Waals surface area contributed by atoms with Crippen LogP contribution in [0, 0.1) is 18.8 Å². The van der Waals surface area contributed by atoms with E-state index in [1.165, 1.54) is 4.90 Å². The molecule has 0 unspecified atom stereocenters. The lowest BCUT2D eigenvalue weighted by atomic mass is 9.81. The molecule has 47 heavy (non-hydrogen) atoms. The number of aryl methyl sites for hydroxylation is 1. The molecule has 12 heteroatoms. The van der Waals surface area contributed by atoms with Crippen molar-refractivity contribution in [2.24, 2.45) is 23.3 Å². The summed E-state index contributed by atoms with van der Waals surface area (Å²) in [7, 11) is 0. The summed E-state index contributed by atoms with van der Waals surface area (Å²) in [5.74, 6) is -0.901. The second-order valence-corrected chi connectivity index (χ2v) is 12.8. The molecule has 2 fully saturated rings. The number of nitrogens with zero attached hydrogens (tertiary/aromatic N) is 2. The normalized spacial score (nSPS) is 20.2. The Morgan fingerprint density at radius 3 is 2.40 bits per heavy atom. The van der Waals surface area contributed by atoms with Crippen LogP contribution in [0.15, 0.2) is 59.4 Å². The van der Waals surface area contributed by atoms with Crippen LogP contribution in [0.5, 0.6) is 0 Å². The number of H-pyrrole nitrogens is 2. The highest BCUT2D eigenvalue weighted by Gasteiger charge is 2.35. The van der Waals surface area contributed by atoms with Gasteiger partial charge in [-0.15, -0.1) is 0 Å². The van der Waals surface area contributed by atoms with Crippen LogP contribution in [0.1, 0.15) is 53.8 Å². The van der Waals surface area contributed by atoms with Crippen molar-refractivity contribution in [3.05, 3.63) is 82.0 Å². The van der Waals surface area contributed by atoms with E-state index in [0.29, 0.717) is 47.7 Å². The number of aromatic nitrogens is 3. The van der Waals surface area contributed by atoms with Crippen molar-refractivity contribution < 1.29 is 14.4 Å². The molecule has 12 nitrogen and oxygen atoms in total. The first-order valence-corrected chi connectivity index (χ1v) is 16.3. The fraction of sp³-hybridized carbons (Fsp3) is 0.400. The largest absolute Gasteiger partial charge is 0.347 e. The molecule has 0 bridgehead atoms. The molecule has 0 radical (unpaired) electrons. The Labute approximate surface area is 272 Å². The predicted octanol–water partition coefficient (Wildman–Crippen LogP) is 2.51. The van der Waals surface area contributed by atoms with E-state index < -0.39 is 11.9 Å². The molecule has 2 atom stereocenters. The number of hydrogen-bond donors (Lipinski definition) is 6. The van der Waals surface area contributed by atoms with Gasteiger partial charge in [-0.2, -0.15) is 0 Å². The highest BCUT2D eigenvalue weighted by Crippen LogP contribution is 2.32. The van der Waals surface area contributed by atoms with Gasteiger partial charge in [0.05, 0.1) is 22.8 Å². The summed E-state index contributed by atoms with van der Waals surface area (Å²) in [6, 6.07) is 15.4. The maximum atomic E-state index is 14.0. The molecule has 246 valence electrons. The van der Waals surface area contributed by atoms with E-state index in [1.807, 2.05) is 37.3 Å². The van der Waals surface area contributed by atoms with Crippen molar-refractivity contribution in [1.82, 2.24) is 25.6 Å². The number of anilines is 1. The zero-order chi connectivity index (χ0) is 33.1. The van der Waals surface area contributed by atoms with E-state index in [9.17, 15) is 19.2 Å². The van der Waals surface area contributed by atoms with Crippen LogP contribution in [-0.4, -0.2) is 64.4 Å². The van der Waals surface area contributed by atoms with Gasteiger partial charge in [0.2, 0.25) is 5.91 Å². The zero-order valence-corrected chi connectivity index (χ0v) is 26.6. The molecular weight excluding hydrogens is 596 g/mol. The van der Waals surface area contributed by atoms with E-state index in [2.05, 4.69) is 25.6 Å². The van der Waals surface area contributed by atoms with Gasteiger partial charge in [-0.3, -0.25) is 14.4 Å². The Morgan fingerprint density at radius 1 is 0.979 bits per heavy atom. The van der Waals surface area contributed by atoms with E-state index in [-0.39, 0.29) is 35.9 Å². The van der Waals surface area contributed by atoms with Crippen LogP contribution in [0.2, 0.25) is 0 Å². The molecule has 6 rings (SSSR count). The highest BCUT2D eigenvalue weighted by atomic mass is 16.2. The number of benzene rings is 2. The second kappa shape index (κ2) is 14.0. The maximum absolute atomic E-state index is 14.0. The average Bonchev–Trinajstić information content (AvgIpc) is 3.73. The second-order valence-electron chi connectivity index (χ2n) is 12.8. The third-order valence-corrected chi connectivity index (χ3v) is 9.48. The van der Waals surface area contributed by atoms with Gasteiger partial charge in [0.1, 0.15) is 5.69 Å². The molecule has 2 aromatic carbocycles. The van der Waals surface area contributed by atoms with Gasteiger partial charge >= 0.3 is 5.69 Å². The van der Waals surface area contributed by atoms with Crippen molar-refractivity contribution in [2.75, 3.05) is 24.5 Å². The molecular formula is C35H42N8O4. The number of imidazole rings is 1. The lowest BCUT2D eigenvalue weighted by molar-refractivity contribution is -0.130. The smallest absolute Gasteiger partial charge is 0.323 e.